The second-order valence-corrected chi connectivity index (χ2v) is 5.13. The lowest BCUT2D eigenvalue weighted by Gasteiger charge is -2.16. The Morgan fingerprint density at radius 3 is 2.50 bits per heavy atom. The van der Waals surface area contributed by atoms with Crippen LogP contribution in [0.2, 0.25) is 0 Å². The summed E-state index contributed by atoms with van der Waals surface area (Å²) in [5, 5.41) is 9.24. The first-order valence-corrected chi connectivity index (χ1v) is 7.13. The van der Waals surface area contributed by atoms with Gasteiger partial charge in [0.2, 0.25) is 0 Å². The first-order valence-electron chi connectivity index (χ1n) is 7.13. The zero-order chi connectivity index (χ0) is 15.5. The number of nitrogen functional groups attached to an aromatic ring is 1. The maximum atomic E-state index is 12.5. The summed E-state index contributed by atoms with van der Waals surface area (Å²) in [5.74, 6) is -0.211. The van der Waals surface area contributed by atoms with E-state index >= 15 is 0 Å². The molecule has 22 heavy (non-hydrogen) atoms. The van der Waals surface area contributed by atoms with Crippen molar-refractivity contribution in [2.24, 2.45) is 0 Å². The van der Waals surface area contributed by atoms with Gasteiger partial charge in [-0.05, 0) is 12.8 Å². The molecule has 1 aliphatic rings. The molecule has 1 fully saturated rings. The molecule has 6 nitrogen and oxygen atoms in total. The Morgan fingerprint density at radius 1 is 1.18 bits per heavy atom. The van der Waals surface area contributed by atoms with Crippen molar-refractivity contribution < 1.29 is 4.79 Å². The van der Waals surface area contributed by atoms with Crippen LogP contribution in [0.4, 0.5) is 5.82 Å². The number of rotatable bonds is 2. The highest BCUT2D eigenvalue weighted by Gasteiger charge is 2.25. The minimum Gasteiger partial charge on any atom is -0.382 e. The summed E-state index contributed by atoms with van der Waals surface area (Å²) in [6.45, 7) is 1.42. The van der Waals surface area contributed by atoms with Gasteiger partial charge in [-0.25, -0.2) is 9.97 Å². The number of anilines is 1. The Kier molecular flexibility index (Phi) is 3.71. The average Bonchev–Trinajstić information content (AvgIpc) is 3.09. The highest BCUT2D eigenvalue weighted by Crippen LogP contribution is 2.23. The van der Waals surface area contributed by atoms with Crippen molar-refractivity contribution in [1.29, 1.82) is 5.26 Å². The molecule has 3 rings (SSSR count). The largest absolute Gasteiger partial charge is 0.382 e. The van der Waals surface area contributed by atoms with Crippen LogP contribution in [0.3, 0.4) is 0 Å². The predicted octanol–water partition coefficient (Wildman–Crippen LogP) is 1.83. The summed E-state index contributed by atoms with van der Waals surface area (Å²) in [4.78, 5) is 22.7. The van der Waals surface area contributed by atoms with Gasteiger partial charge in [-0.3, -0.25) is 4.79 Å². The minimum absolute atomic E-state index is 0.00753. The molecule has 1 aromatic heterocycles. The fourth-order valence-electron chi connectivity index (χ4n) is 2.55. The van der Waals surface area contributed by atoms with Crippen molar-refractivity contribution in [3.63, 3.8) is 0 Å². The molecule has 6 heteroatoms. The van der Waals surface area contributed by atoms with Crippen molar-refractivity contribution in [2.45, 2.75) is 12.8 Å². The Hall–Kier alpha value is -2.94. The number of aromatic nitrogens is 2. The van der Waals surface area contributed by atoms with Crippen LogP contribution < -0.4 is 5.73 Å². The molecule has 0 aliphatic carbocycles. The first kappa shape index (κ1) is 14.0. The van der Waals surface area contributed by atoms with E-state index in [2.05, 4.69) is 9.97 Å². The van der Waals surface area contributed by atoms with E-state index in [1.54, 1.807) is 4.90 Å². The van der Waals surface area contributed by atoms with Gasteiger partial charge < -0.3 is 10.6 Å². The van der Waals surface area contributed by atoms with Crippen LogP contribution in [0.25, 0.3) is 11.3 Å². The van der Waals surface area contributed by atoms with Crippen LogP contribution in [0, 0.1) is 11.3 Å². The van der Waals surface area contributed by atoms with Crippen molar-refractivity contribution in [3.8, 4) is 17.3 Å². The highest BCUT2D eigenvalue weighted by atomic mass is 16.2. The predicted molar refractivity (Wildman–Crippen MR) is 81.7 cm³/mol. The molecule has 2 N–H and O–H groups in total. The number of amides is 1. The Labute approximate surface area is 128 Å². The molecule has 0 saturated carbocycles. The van der Waals surface area contributed by atoms with Crippen LogP contribution in [0.15, 0.2) is 30.3 Å². The summed E-state index contributed by atoms with van der Waals surface area (Å²) in [6, 6.07) is 11.2. The van der Waals surface area contributed by atoms with Crippen LogP contribution in [0.1, 0.15) is 29.0 Å². The summed E-state index contributed by atoms with van der Waals surface area (Å²) >= 11 is 0. The number of likely N-dealkylation sites (tertiary alicyclic amines) is 1. The Bertz CT molecular complexity index is 745. The molecule has 0 bridgehead atoms. The van der Waals surface area contributed by atoms with Gasteiger partial charge in [-0.15, -0.1) is 0 Å². The second kappa shape index (κ2) is 5.82. The molecule has 1 saturated heterocycles. The van der Waals surface area contributed by atoms with Crippen LogP contribution in [-0.2, 0) is 0 Å². The fraction of sp³-hybridized carbons (Fsp3) is 0.250. The topological polar surface area (TPSA) is 95.9 Å². The third-order valence-corrected chi connectivity index (χ3v) is 3.67. The summed E-state index contributed by atoms with van der Waals surface area (Å²) in [5.41, 5.74) is 7.22. The van der Waals surface area contributed by atoms with Gasteiger partial charge >= 0.3 is 0 Å². The van der Waals surface area contributed by atoms with E-state index in [1.807, 2.05) is 36.4 Å². The normalized spacial score (nSPS) is 13.9. The quantitative estimate of drug-likeness (QED) is 0.911. The molecular formula is C16H15N5O. The summed E-state index contributed by atoms with van der Waals surface area (Å²) in [7, 11) is 0. The lowest BCUT2D eigenvalue weighted by atomic mass is 10.1. The fourth-order valence-corrected chi connectivity index (χ4v) is 2.55. The van der Waals surface area contributed by atoms with Gasteiger partial charge in [0, 0.05) is 18.7 Å². The van der Waals surface area contributed by atoms with E-state index in [1.165, 1.54) is 0 Å². The van der Waals surface area contributed by atoms with E-state index in [0.717, 1.165) is 18.4 Å². The van der Waals surface area contributed by atoms with Crippen LogP contribution in [0.5, 0.6) is 0 Å². The van der Waals surface area contributed by atoms with Gasteiger partial charge in [0.1, 0.15) is 11.8 Å². The van der Waals surface area contributed by atoms with E-state index < -0.39 is 0 Å². The van der Waals surface area contributed by atoms with Gasteiger partial charge in [0.05, 0.1) is 0 Å². The summed E-state index contributed by atoms with van der Waals surface area (Å²) in [6.07, 6.45) is 1.97. The third kappa shape index (κ3) is 2.49. The van der Waals surface area contributed by atoms with Crippen molar-refractivity contribution in [3.05, 3.63) is 41.7 Å². The lowest BCUT2D eigenvalue weighted by molar-refractivity contribution is 0.0788. The third-order valence-electron chi connectivity index (χ3n) is 3.67. The Balaban J connectivity index is 2.09. The molecule has 0 radical (unpaired) electrons. The molecule has 0 unspecified atom stereocenters. The van der Waals surface area contributed by atoms with Crippen LogP contribution >= 0.6 is 0 Å². The standard InChI is InChI=1S/C16H15N5O/c17-10-12-13(11-6-2-1-3-7-11)20-14(15(18)19-12)16(22)21-8-4-5-9-21/h1-3,6-7H,4-5,8-9H2,(H2,18,19). The van der Waals surface area contributed by atoms with Crippen molar-refractivity contribution >= 4 is 11.7 Å². The molecular weight excluding hydrogens is 278 g/mol. The second-order valence-electron chi connectivity index (χ2n) is 5.13. The molecule has 2 heterocycles. The van der Waals surface area contributed by atoms with E-state index in [4.69, 9.17) is 5.73 Å². The summed E-state index contributed by atoms with van der Waals surface area (Å²) < 4.78 is 0. The van der Waals surface area contributed by atoms with E-state index in [-0.39, 0.29) is 23.1 Å². The molecule has 0 atom stereocenters. The molecule has 1 aliphatic heterocycles. The highest BCUT2D eigenvalue weighted by molar-refractivity contribution is 5.97. The number of nitrogens with zero attached hydrogens (tertiary/aromatic N) is 4. The van der Waals surface area contributed by atoms with E-state index in [9.17, 15) is 10.1 Å². The van der Waals surface area contributed by atoms with Gasteiger partial charge in [-0.1, -0.05) is 30.3 Å². The average molecular weight is 293 g/mol. The molecule has 1 amide bonds. The first-order chi connectivity index (χ1) is 10.7. The number of hydrogen-bond acceptors (Lipinski definition) is 5. The Morgan fingerprint density at radius 2 is 1.86 bits per heavy atom. The van der Waals surface area contributed by atoms with Crippen molar-refractivity contribution in [1.82, 2.24) is 14.9 Å². The zero-order valence-corrected chi connectivity index (χ0v) is 12.0. The molecule has 1 aromatic carbocycles. The maximum absolute atomic E-state index is 12.5. The van der Waals surface area contributed by atoms with Gasteiger partial charge in [0.25, 0.3) is 5.91 Å². The zero-order valence-electron chi connectivity index (χ0n) is 12.0. The van der Waals surface area contributed by atoms with Gasteiger partial charge in [0.15, 0.2) is 17.2 Å². The number of carbonyl (C=O) groups excluding carboxylic acids is 1. The monoisotopic (exact) mass is 293 g/mol. The smallest absolute Gasteiger partial charge is 0.276 e. The number of carbonyl (C=O) groups is 1. The van der Waals surface area contributed by atoms with Crippen LogP contribution in [-0.4, -0.2) is 33.9 Å². The molecule has 110 valence electrons. The number of nitriles is 1. The number of nitrogens with two attached hydrogens (primary N) is 1. The SMILES string of the molecule is N#Cc1nc(N)c(C(=O)N2CCCC2)nc1-c1ccccc1. The number of benzene rings is 1. The molecule has 0 spiro atoms. The minimum atomic E-state index is -0.218. The number of hydrogen-bond donors (Lipinski definition) is 1. The molecule has 2 aromatic rings. The van der Waals surface area contributed by atoms with E-state index in [0.29, 0.717) is 18.8 Å². The van der Waals surface area contributed by atoms with Crippen molar-refractivity contribution in [2.75, 3.05) is 18.8 Å². The lowest BCUT2D eigenvalue weighted by Crippen LogP contribution is -2.29. The van der Waals surface area contributed by atoms with Gasteiger partial charge in [-0.2, -0.15) is 5.26 Å². The maximum Gasteiger partial charge on any atom is 0.276 e.